The molecule has 7 nitrogen and oxygen atoms in total. The Labute approximate surface area is 291 Å². The highest BCUT2D eigenvalue weighted by molar-refractivity contribution is 7.92. The summed E-state index contributed by atoms with van der Waals surface area (Å²) in [6.07, 6.45) is 4.01. The molecule has 4 aromatic rings. The molecule has 5 rings (SSSR count). The van der Waals surface area contributed by atoms with Crippen molar-refractivity contribution in [1.29, 1.82) is 0 Å². The van der Waals surface area contributed by atoms with Gasteiger partial charge in [-0.1, -0.05) is 108 Å². The Morgan fingerprint density at radius 1 is 0.809 bits per heavy atom. The number of nitrogens with one attached hydrogen (secondary N) is 1. The van der Waals surface area contributed by atoms with Crippen LogP contribution in [0, 0.1) is 6.92 Å². The van der Waals surface area contributed by atoms with Crippen molar-refractivity contribution in [3.63, 3.8) is 0 Å². The molecule has 4 aromatic carbocycles. The molecule has 11 heteroatoms. The van der Waals surface area contributed by atoms with E-state index in [-0.39, 0.29) is 45.5 Å². The van der Waals surface area contributed by atoms with Crippen molar-refractivity contribution in [3.05, 3.63) is 129 Å². The summed E-state index contributed by atoms with van der Waals surface area (Å²) in [5.74, 6) is -0.865. The second-order valence-electron chi connectivity index (χ2n) is 11.8. The zero-order valence-corrected chi connectivity index (χ0v) is 29.0. The fourth-order valence-corrected chi connectivity index (χ4v) is 7.80. The van der Waals surface area contributed by atoms with E-state index in [0.29, 0.717) is 5.02 Å². The minimum atomic E-state index is -4.28. The van der Waals surface area contributed by atoms with Gasteiger partial charge in [-0.3, -0.25) is 13.9 Å². The van der Waals surface area contributed by atoms with Gasteiger partial charge in [0.05, 0.1) is 10.6 Å². The van der Waals surface area contributed by atoms with Gasteiger partial charge in [-0.15, -0.1) is 0 Å². The largest absolute Gasteiger partial charge is 0.352 e. The molecular formula is C36H36Cl3N3O4S. The van der Waals surface area contributed by atoms with Gasteiger partial charge in [-0.05, 0) is 73.4 Å². The number of anilines is 1. The second kappa shape index (κ2) is 15.6. The maximum absolute atomic E-state index is 14.6. The van der Waals surface area contributed by atoms with Gasteiger partial charge in [0.15, 0.2) is 0 Å². The van der Waals surface area contributed by atoms with Crippen LogP contribution in [-0.2, 0) is 32.6 Å². The Bertz CT molecular complexity index is 1780. The molecule has 246 valence electrons. The van der Waals surface area contributed by atoms with Crippen molar-refractivity contribution >= 4 is 62.3 Å². The number of hydrogen-bond donors (Lipinski definition) is 1. The van der Waals surface area contributed by atoms with Crippen molar-refractivity contribution in [3.8, 4) is 0 Å². The monoisotopic (exact) mass is 711 g/mol. The molecule has 0 radical (unpaired) electrons. The van der Waals surface area contributed by atoms with E-state index in [2.05, 4.69) is 5.32 Å². The quantitative estimate of drug-likeness (QED) is 0.162. The maximum Gasteiger partial charge on any atom is 0.264 e. The van der Waals surface area contributed by atoms with Crippen LogP contribution < -0.4 is 9.62 Å². The minimum Gasteiger partial charge on any atom is -0.352 e. The topological polar surface area (TPSA) is 86.8 Å². The number of benzene rings is 4. The minimum absolute atomic E-state index is 0.00365. The third-order valence-electron chi connectivity index (χ3n) is 8.26. The Morgan fingerprint density at radius 3 is 2.04 bits per heavy atom. The number of hydrogen-bond acceptors (Lipinski definition) is 4. The first-order chi connectivity index (χ1) is 22.5. The first kappa shape index (κ1) is 34.8. The molecular weight excluding hydrogens is 677 g/mol. The molecule has 1 saturated carbocycles. The van der Waals surface area contributed by atoms with Crippen LogP contribution in [0.4, 0.5) is 5.69 Å². The van der Waals surface area contributed by atoms with Crippen molar-refractivity contribution < 1.29 is 18.0 Å². The summed E-state index contributed by atoms with van der Waals surface area (Å²) in [4.78, 5) is 30.2. The van der Waals surface area contributed by atoms with E-state index in [1.807, 2.05) is 37.3 Å². The molecule has 1 aliphatic carbocycles. The molecule has 0 spiro atoms. The highest BCUT2D eigenvalue weighted by Gasteiger charge is 2.35. The number of rotatable bonds is 12. The number of carbonyl (C=O) groups excluding carboxylic acids is 2. The van der Waals surface area contributed by atoms with Gasteiger partial charge in [-0.25, -0.2) is 8.42 Å². The summed E-state index contributed by atoms with van der Waals surface area (Å²) >= 11 is 18.8. The number of nitrogens with zero attached hydrogens (tertiary/aromatic N) is 2. The predicted molar refractivity (Wildman–Crippen MR) is 189 cm³/mol. The van der Waals surface area contributed by atoms with Gasteiger partial charge in [-0.2, -0.15) is 0 Å². The Morgan fingerprint density at radius 2 is 1.43 bits per heavy atom. The van der Waals surface area contributed by atoms with E-state index < -0.39 is 28.5 Å². The van der Waals surface area contributed by atoms with Gasteiger partial charge < -0.3 is 10.2 Å². The van der Waals surface area contributed by atoms with Crippen LogP contribution in [-0.4, -0.2) is 43.8 Å². The first-order valence-corrected chi connectivity index (χ1v) is 18.0. The van der Waals surface area contributed by atoms with Gasteiger partial charge in [0, 0.05) is 34.1 Å². The van der Waals surface area contributed by atoms with Crippen LogP contribution in [0.3, 0.4) is 0 Å². The van der Waals surface area contributed by atoms with Crippen molar-refractivity contribution in [2.45, 2.75) is 62.6 Å². The number of sulfonamides is 1. The molecule has 0 unspecified atom stereocenters. The van der Waals surface area contributed by atoms with Crippen LogP contribution >= 0.6 is 34.8 Å². The van der Waals surface area contributed by atoms with E-state index in [4.69, 9.17) is 34.8 Å². The highest BCUT2D eigenvalue weighted by Crippen LogP contribution is 2.31. The number of halogens is 3. The summed E-state index contributed by atoms with van der Waals surface area (Å²) < 4.78 is 29.4. The van der Waals surface area contributed by atoms with E-state index in [1.54, 1.807) is 36.4 Å². The molecule has 0 aromatic heterocycles. The maximum atomic E-state index is 14.6. The van der Waals surface area contributed by atoms with Crippen LogP contribution in [0.2, 0.25) is 15.1 Å². The molecule has 0 bridgehead atoms. The lowest BCUT2D eigenvalue weighted by Gasteiger charge is -2.34. The SMILES string of the molecule is Cc1ccc(S(=O)(=O)N(CC(=O)N(Cc2ccc(Cl)cc2)[C@@H](Cc2ccccc2)C(=O)NC2CCCC2)c2cc(Cl)cc(Cl)c2)cc1. The van der Waals surface area contributed by atoms with Crippen LogP contribution in [0.1, 0.15) is 42.4 Å². The third kappa shape index (κ3) is 9.08. The summed E-state index contributed by atoms with van der Waals surface area (Å²) in [5, 5.41) is 4.11. The molecule has 47 heavy (non-hydrogen) atoms. The molecule has 0 saturated heterocycles. The lowest BCUT2D eigenvalue weighted by molar-refractivity contribution is -0.140. The van der Waals surface area contributed by atoms with Crippen molar-refractivity contribution in [2.75, 3.05) is 10.8 Å². The summed E-state index contributed by atoms with van der Waals surface area (Å²) in [5.41, 5.74) is 2.59. The summed E-state index contributed by atoms with van der Waals surface area (Å²) in [6, 6.07) is 26.3. The Balaban J connectivity index is 1.58. The van der Waals surface area contributed by atoms with Crippen molar-refractivity contribution in [1.82, 2.24) is 10.2 Å². The van der Waals surface area contributed by atoms with Crippen LogP contribution in [0.5, 0.6) is 0 Å². The molecule has 0 heterocycles. The zero-order chi connectivity index (χ0) is 33.6. The number of aryl methyl sites for hydroxylation is 1. The summed E-state index contributed by atoms with van der Waals surface area (Å²) in [7, 11) is -4.28. The van der Waals surface area contributed by atoms with Gasteiger partial charge >= 0.3 is 0 Å². The second-order valence-corrected chi connectivity index (χ2v) is 15.0. The Hall–Kier alpha value is -3.56. The third-order valence-corrected chi connectivity index (χ3v) is 10.7. The predicted octanol–water partition coefficient (Wildman–Crippen LogP) is 7.85. The van der Waals surface area contributed by atoms with E-state index >= 15 is 0 Å². The molecule has 1 N–H and O–H groups in total. The van der Waals surface area contributed by atoms with Crippen LogP contribution in [0.25, 0.3) is 0 Å². The standard InChI is InChI=1S/C36H36Cl3N3O4S/c1-25-11-17-33(18-12-25)47(45,46)42(32-21-29(38)20-30(39)22-32)24-35(43)41(23-27-13-15-28(37)16-14-27)34(19-26-7-3-2-4-8-26)36(44)40-31-9-5-6-10-31/h2-4,7-8,11-18,20-22,31,34H,5-6,9-10,19,23-24H2,1H3,(H,40,44)/t34-/m0/s1. The lowest BCUT2D eigenvalue weighted by atomic mass is 10.0. The van der Waals surface area contributed by atoms with Gasteiger partial charge in [0.1, 0.15) is 12.6 Å². The van der Waals surface area contributed by atoms with Gasteiger partial charge in [0.2, 0.25) is 11.8 Å². The fourth-order valence-electron chi connectivity index (χ4n) is 5.76. The normalized spacial score (nSPS) is 14.0. The zero-order valence-electron chi connectivity index (χ0n) is 25.9. The van der Waals surface area contributed by atoms with Crippen molar-refractivity contribution in [2.24, 2.45) is 0 Å². The van der Waals surface area contributed by atoms with E-state index in [0.717, 1.165) is 46.7 Å². The molecule has 0 aliphatic heterocycles. The Kier molecular flexibility index (Phi) is 11.5. The number of amides is 2. The lowest BCUT2D eigenvalue weighted by Crippen LogP contribution is -2.54. The summed E-state index contributed by atoms with van der Waals surface area (Å²) in [6.45, 7) is 1.29. The van der Waals surface area contributed by atoms with Gasteiger partial charge in [0.25, 0.3) is 10.0 Å². The van der Waals surface area contributed by atoms with E-state index in [9.17, 15) is 18.0 Å². The first-order valence-electron chi connectivity index (χ1n) is 15.4. The highest BCUT2D eigenvalue weighted by atomic mass is 35.5. The smallest absolute Gasteiger partial charge is 0.264 e. The van der Waals surface area contributed by atoms with E-state index in [1.165, 1.54) is 35.2 Å². The molecule has 2 amide bonds. The molecule has 1 aliphatic rings. The fraction of sp³-hybridized carbons (Fsp3) is 0.278. The molecule has 1 atom stereocenters. The molecule has 1 fully saturated rings. The average Bonchev–Trinajstić information content (AvgIpc) is 3.55. The van der Waals surface area contributed by atoms with Crippen LogP contribution in [0.15, 0.2) is 102 Å². The average molecular weight is 713 g/mol. The number of carbonyl (C=O) groups is 2.